The van der Waals surface area contributed by atoms with E-state index in [9.17, 15) is 28.8 Å². The fraction of sp³-hybridized carbons (Fsp3) is 0.481. The number of carbonyl (C=O) groups is 6. The minimum atomic E-state index is -0.663. The molecule has 3 heterocycles. The number of ketones is 6. The van der Waals surface area contributed by atoms with Crippen LogP contribution in [0, 0.1) is 32.5 Å². The van der Waals surface area contributed by atoms with Crippen LogP contribution in [0.5, 0.6) is 34.5 Å². The Morgan fingerprint density at radius 3 is 0.677 bits per heavy atom. The molecule has 0 aromatic heterocycles. The summed E-state index contributed by atoms with van der Waals surface area (Å²) in [7, 11) is 4.71. The Labute approximate surface area is 563 Å². The maximum absolute atomic E-state index is 14.4. The molecule has 96 heavy (non-hydrogen) atoms. The highest BCUT2D eigenvalue weighted by Gasteiger charge is 2.52. The summed E-state index contributed by atoms with van der Waals surface area (Å²) in [6.07, 6.45) is 5.22. The van der Waals surface area contributed by atoms with Gasteiger partial charge in [0.2, 0.25) is 0 Å². The SMILES string of the molecule is COc1ccc(C2C3=C(CC(C)(C)CC3=O)OC3=C2C(=O)CC(C)(C)C3)cc1OCc1cc(COc2cc(C3C4=C(CC(C)(C)CC4=O)OC4=C3C(=O)CC(C)(C)C4)ccc2OC)cc(COc2cc(C3C4=C(CC(C)(C)CC4=O)OC4=C3C(=O)CC(C)(C)C4)ccc2OC)c1. The highest BCUT2D eigenvalue weighted by atomic mass is 16.5. The van der Waals surface area contributed by atoms with Crippen LogP contribution in [0.4, 0.5) is 0 Å². The maximum Gasteiger partial charge on any atom is 0.163 e. The predicted molar refractivity (Wildman–Crippen MR) is 360 cm³/mol. The van der Waals surface area contributed by atoms with E-state index in [0.29, 0.717) is 196 Å². The summed E-state index contributed by atoms with van der Waals surface area (Å²) < 4.78 is 58.3. The van der Waals surface area contributed by atoms with Gasteiger partial charge in [0.05, 0.1) is 21.3 Å². The highest BCUT2D eigenvalue weighted by Crippen LogP contribution is 2.58. The van der Waals surface area contributed by atoms with Crippen molar-refractivity contribution in [3.05, 3.63) is 174 Å². The third-order valence-electron chi connectivity index (χ3n) is 20.6. The average molecular weight is 1300 g/mol. The van der Waals surface area contributed by atoms with Gasteiger partial charge in [0.15, 0.2) is 69.2 Å². The van der Waals surface area contributed by atoms with Gasteiger partial charge in [-0.05, 0) is 120 Å². The van der Waals surface area contributed by atoms with E-state index < -0.39 is 17.8 Å². The molecule has 0 radical (unpaired) electrons. The second-order valence-corrected chi connectivity index (χ2v) is 33.0. The van der Waals surface area contributed by atoms with Crippen molar-refractivity contribution >= 4 is 34.7 Å². The van der Waals surface area contributed by atoms with Crippen LogP contribution in [0.2, 0.25) is 0 Å². The van der Waals surface area contributed by atoms with E-state index in [2.05, 4.69) is 83.1 Å². The normalized spacial score (nSPS) is 22.7. The molecule has 15 nitrogen and oxygen atoms in total. The lowest BCUT2D eigenvalue weighted by Crippen LogP contribution is -2.37. The summed E-state index contributed by atoms with van der Waals surface area (Å²) >= 11 is 0. The third kappa shape index (κ3) is 12.7. The van der Waals surface area contributed by atoms with Gasteiger partial charge in [0.1, 0.15) is 54.4 Å². The fourth-order valence-electron chi connectivity index (χ4n) is 16.6. The van der Waals surface area contributed by atoms with Gasteiger partial charge >= 0.3 is 0 Å². The summed E-state index contributed by atoms with van der Waals surface area (Å²) in [5, 5.41) is 0. The van der Waals surface area contributed by atoms with Crippen molar-refractivity contribution < 1.29 is 71.4 Å². The van der Waals surface area contributed by atoms with Crippen molar-refractivity contribution in [2.45, 2.75) is 198 Å². The van der Waals surface area contributed by atoms with Gasteiger partial charge < -0.3 is 42.6 Å². The van der Waals surface area contributed by atoms with Crippen LogP contribution in [-0.4, -0.2) is 56.0 Å². The largest absolute Gasteiger partial charge is 0.493 e. The molecule has 0 unspecified atom stereocenters. The van der Waals surface area contributed by atoms with Gasteiger partial charge in [0, 0.05) is 128 Å². The molecule has 0 saturated heterocycles. The molecule has 3 aliphatic heterocycles. The fourth-order valence-corrected chi connectivity index (χ4v) is 16.6. The minimum Gasteiger partial charge on any atom is -0.493 e. The molecule has 0 amide bonds. The molecule has 13 rings (SSSR count). The van der Waals surface area contributed by atoms with Crippen LogP contribution in [-0.2, 0) is 62.8 Å². The monoisotopic (exact) mass is 1300 g/mol. The Morgan fingerprint density at radius 1 is 0.292 bits per heavy atom. The Kier molecular flexibility index (Phi) is 16.5. The molecule has 504 valence electrons. The number of allylic oxidation sites excluding steroid dienone is 12. The molecule has 0 fully saturated rings. The predicted octanol–water partition coefficient (Wildman–Crippen LogP) is 16.6. The number of benzene rings is 4. The van der Waals surface area contributed by atoms with Gasteiger partial charge in [-0.1, -0.05) is 101 Å². The molecule has 15 heteroatoms. The number of rotatable bonds is 15. The lowest BCUT2D eigenvalue weighted by atomic mass is 9.65. The summed E-state index contributed by atoms with van der Waals surface area (Å²) in [6, 6.07) is 22.7. The molecule has 6 aliphatic carbocycles. The van der Waals surface area contributed by atoms with Crippen LogP contribution in [0.1, 0.15) is 211 Å². The first-order valence-electron chi connectivity index (χ1n) is 33.9. The number of Topliss-reactive ketones (excluding diaryl/α,β-unsaturated/α-hetero) is 6. The molecule has 0 N–H and O–H groups in total. The Morgan fingerprint density at radius 2 is 0.490 bits per heavy atom. The molecule has 4 aromatic rings. The van der Waals surface area contributed by atoms with Crippen LogP contribution in [0.15, 0.2) is 141 Å². The highest BCUT2D eigenvalue weighted by molar-refractivity contribution is 6.08. The van der Waals surface area contributed by atoms with E-state index in [0.717, 1.165) is 16.7 Å². The van der Waals surface area contributed by atoms with Gasteiger partial charge in [-0.2, -0.15) is 0 Å². The molecule has 0 atom stereocenters. The first-order valence-corrected chi connectivity index (χ1v) is 33.9. The molecule has 0 bridgehead atoms. The zero-order valence-electron chi connectivity index (χ0n) is 58.4. The second-order valence-electron chi connectivity index (χ2n) is 33.0. The van der Waals surface area contributed by atoms with Crippen molar-refractivity contribution in [3.8, 4) is 34.5 Å². The van der Waals surface area contributed by atoms with E-state index in [4.69, 9.17) is 42.6 Å². The lowest BCUT2D eigenvalue weighted by Gasteiger charge is -2.42. The Balaban J connectivity index is 0.866. The Bertz CT molecular complexity index is 3660. The molecule has 9 aliphatic rings. The van der Waals surface area contributed by atoms with E-state index in [-0.39, 0.29) is 87.0 Å². The third-order valence-corrected chi connectivity index (χ3v) is 20.6. The summed E-state index contributed by atoms with van der Waals surface area (Å²) in [5.41, 5.74) is 5.47. The van der Waals surface area contributed by atoms with Crippen molar-refractivity contribution in [2.75, 3.05) is 21.3 Å². The van der Waals surface area contributed by atoms with Gasteiger partial charge in [-0.25, -0.2) is 0 Å². The van der Waals surface area contributed by atoms with Crippen molar-refractivity contribution in [3.63, 3.8) is 0 Å². The van der Waals surface area contributed by atoms with Crippen LogP contribution in [0.25, 0.3) is 0 Å². The number of ether oxygens (including phenoxy) is 9. The number of hydrogen-bond donors (Lipinski definition) is 0. The van der Waals surface area contributed by atoms with E-state index >= 15 is 0 Å². The van der Waals surface area contributed by atoms with E-state index in [1.807, 2.05) is 72.8 Å². The topological polar surface area (TPSA) is 185 Å². The van der Waals surface area contributed by atoms with E-state index in [1.54, 1.807) is 21.3 Å². The molecular weight excluding hydrogens is 1210 g/mol. The summed E-state index contributed by atoms with van der Waals surface area (Å²) in [5.74, 6) is 4.00. The zero-order valence-corrected chi connectivity index (χ0v) is 58.4. The van der Waals surface area contributed by atoms with E-state index in [1.165, 1.54) is 0 Å². The average Bonchev–Trinajstić information content (AvgIpc) is 0.742. The zero-order chi connectivity index (χ0) is 68.5. The van der Waals surface area contributed by atoms with Gasteiger partial charge in [-0.15, -0.1) is 0 Å². The van der Waals surface area contributed by atoms with Crippen LogP contribution in [0.3, 0.4) is 0 Å². The number of carbonyl (C=O) groups excluding carboxylic acids is 6. The molecule has 0 spiro atoms. The first kappa shape index (κ1) is 66.2. The number of hydrogen-bond acceptors (Lipinski definition) is 15. The summed E-state index contributed by atoms with van der Waals surface area (Å²) in [4.78, 5) is 86.1. The molecular formula is C81H90O15. The quantitative estimate of drug-likeness (QED) is 0.109. The lowest BCUT2D eigenvalue weighted by molar-refractivity contribution is -0.122. The first-order chi connectivity index (χ1) is 45.2. The van der Waals surface area contributed by atoms with Crippen LogP contribution < -0.4 is 28.4 Å². The number of methoxy groups -OCH3 is 3. The molecule has 0 saturated carbocycles. The molecule has 4 aromatic carbocycles. The van der Waals surface area contributed by atoms with Crippen molar-refractivity contribution in [1.29, 1.82) is 0 Å². The van der Waals surface area contributed by atoms with Crippen molar-refractivity contribution in [1.82, 2.24) is 0 Å². The minimum absolute atomic E-state index is 0.0246. The maximum atomic E-state index is 14.4. The van der Waals surface area contributed by atoms with Crippen molar-refractivity contribution in [2.24, 2.45) is 32.5 Å². The van der Waals surface area contributed by atoms with Crippen LogP contribution >= 0.6 is 0 Å². The smallest absolute Gasteiger partial charge is 0.163 e. The second kappa shape index (κ2) is 24.0. The van der Waals surface area contributed by atoms with Gasteiger partial charge in [-0.3, -0.25) is 28.8 Å². The standard InChI is InChI=1S/C81H90O15/c1-76(2)28-49(82)70-61(34-76)94-62-35-77(3,4)29-50(83)71(62)67(70)46-16-19-55(88-13)58(25-46)91-40-43-22-44(41-92-59-26-47(17-20-56(59)89-14)68-72-51(84)30-78(5,6)36-63(72)95-64-37-79(7,8)31-52(85)73(64)68)24-45(23-43)42-93-60-27-48(18-21-57(60)90-15)69-74-53(86)32-80(9,10)38-65(74)96-66-39-81(11,12)33-54(87)75(66)69/h16-27,67-69H,28-42H2,1-15H3. The van der Waals surface area contributed by atoms with Gasteiger partial charge in [0.25, 0.3) is 0 Å². The Hall–Kier alpha value is -8.46. The summed E-state index contributed by atoms with van der Waals surface area (Å²) in [6.45, 7) is 24.9.